The molecule has 13 heavy (non-hydrogen) atoms. The Morgan fingerprint density at radius 3 is 2.46 bits per heavy atom. The zero-order valence-corrected chi connectivity index (χ0v) is 7.92. The van der Waals surface area contributed by atoms with E-state index in [0.717, 1.165) is 11.1 Å². The van der Waals surface area contributed by atoms with Crippen molar-refractivity contribution in [3.63, 3.8) is 0 Å². The molecular formula is C10H12O3. The Kier molecular flexibility index (Phi) is 2.56. The van der Waals surface area contributed by atoms with Crippen molar-refractivity contribution in [3.05, 3.63) is 23.3 Å². The van der Waals surface area contributed by atoms with Crippen LogP contribution in [0.4, 0.5) is 0 Å². The summed E-state index contributed by atoms with van der Waals surface area (Å²) in [6.07, 6.45) is 0. The number of rotatable bonds is 1. The molecule has 3 heteroatoms. The molecule has 0 aliphatic carbocycles. The van der Waals surface area contributed by atoms with E-state index >= 15 is 0 Å². The number of esters is 1. The van der Waals surface area contributed by atoms with E-state index in [9.17, 15) is 9.90 Å². The average molecular weight is 180 g/mol. The predicted octanol–water partition coefficient (Wildman–Crippen LogP) is 1.93. The maximum atomic E-state index is 10.7. The first kappa shape index (κ1) is 9.58. The molecule has 70 valence electrons. The Balaban J connectivity index is 3.10. The van der Waals surface area contributed by atoms with E-state index in [2.05, 4.69) is 0 Å². The summed E-state index contributed by atoms with van der Waals surface area (Å²) in [7, 11) is 0. The quantitative estimate of drug-likeness (QED) is 0.530. The third-order valence-corrected chi connectivity index (χ3v) is 1.96. The number of benzene rings is 1. The lowest BCUT2D eigenvalue weighted by Crippen LogP contribution is -2.03. The normalized spacial score (nSPS) is 9.77. The second kappa shape index (κ2) is 3.47. The third kappa shape index (κ3) is 1.99. The fourth-order valence-corrected chi connectivity index (χ4v) is 1.05. The summed E-state index contributed by atoms with van der Waals surface area (Å²) >= 11 is 0. The van der Waals surface area contributed by atoms with Gasteiger partial charge in [0.2, 0.25) is 0 Å². The topological polar surface area (TPSA) is 46.5 Å². The lowest BCUT2D eigenvalue weighted by atomic mass is 10.1. The molecule has 0 aromatic heterocycles. The Bertz CT molecular complexity index is 342. The van der Waals surface area contributed by atoms with Gasteiger partial charge in [0.1, 0.15) is 11.5 Å². The number of aromatic hydroxyl groups is 1. The second-order valence-corrected chi connectivity index (χ2v) is 2.93. The molecule has 0 aliphatic heterocycles. The van der Waals surface area contributed by atoms with Gasteiger partial charge in [-0.15, -0.1) is 0 Å². The number of hydrogen-bond acceptors (Lipinski definition) is 3. The molecule has 0 bridgehead atoms. The molecule has 3 nitrogen and oxygen atoms in total. The third-order valence-electron chi connectivity index (χ3n) is 1.96. The summed E-state index contributed by atoms with van der Waals surface area (Å²) in [4.78, 5) is 10.7. The Morgan fingerprint density at radius 1 is 1.31 bits per heavy atom. The zero-order chi connectivity index (χ0) is 10.0. The van der Waals surface area contributed by atoms with E-state index in [1.54, 1.807) is 19.9 Å². The van der Waals surface area contributed by atoms with Crippen molar-refractivity contribution >= 4 is 5.97 Å². The molecule has 1 rings (SSSR count). The fraction of sp³-hybridized carbons (Fsp3) is 0.300. The molecule has 0 spiro atoms. The van der Waals surface area contributed by atoms with Gasteiger partial charge in [-0.2, -0.15) is 0 Å². The fourth-order valence-electron chi connectivity index (χ4n) is 1.05. The van der Waals surface area contributed by atoms with E-state index in [1.807, 2.05) is 0 Å². The van der Waals surface area contributed by atoms with Crippen molar-refractivity contribution in [2.45, 2.75) is 20.8 Å². The van der Waals surface area contributed by atoms with Gasteiger partial charge >= 0.3 is 5.97 Å². The molecule has 0 unspecified atom stereocenters. The van der Waals surface area contributed by atoms with Crippen molar-refractivity contribution in [2.24, 2.45) is 0 Å². The minimum atomic E-state index is -0.354. The van der Waals surface area contributed by atoms with Crippen LogP contribution >= 0.6 is 0 Å². The van der Waals surface area contributed by atoms with E-state index in [-0.39, 0.29) is 11.7 Å². The van der Waals surface area contributed by atoms with E-state index in [4.69, 9.17) is 4.74 Å². The van der Waals surface area contributed by atoms with Crippen molar-refractivity contribution in [1.29, 1.82) is 0 Å². The van der Waals surface area contributed by atoms with Crippen LogP contribution < -0.4 is 4.74 Å². The smallest absolute Gasteiger partial charge is 0.308 e. The summed E-state index contributed by atoms with van der Waals surface area (Å²) in [5.74, 6) is 0.365. The summed E-state index contributed by atoms with van der Waals surface area (Å²) in [6.45, 7) is 4.92. The predicted molar refractivity (Wildman–Crippen MR) is 48.9 cm³/mol. The minimum Gasteiger partial charge on any atom is -0.508 e. The number of phenolic OH excluding ortho intramolecular Hbond substituents is 1. The van der Waals surface area contributed by atoms with Crippen molar-refractivity contribution in [1.82, 2.24) is 0 Å². The van der Waals surface area contributed by atoms with Crippen LogP contribution in [0.3, 0.4) is 0 Å². The summed E-state index contributed by atoms with van der Waals surface area (Å²) in [5.41, 5.74) is 1.52. The highest BCUT2D eigenvalue weighted by atomic mass is 16.5. The van der Waals surface area contributed by atoms with Crippen molar-refractivity contribution in [2.75, 3.05) is 0 Å². The van der Waals surface area contributed by atoms with Gasteiger partial charge in [0.15, 0.2) is 0 Å². The van der Waals surface area contributed by atoms with E-state index < -0.39 is 0 Å². The first-order valence-corrected chi connectivity index (χ1v) is 4.00. The van der Waals surface area contributed by atoms with E-state index in [1.165, 1.54) is 13.0 Å². The minimum absolute atomic E-state index is 0.216. The number of phenols is 1. The van der Waals surface area contributed by atoms with Crippen LogP contribution in [0.25, 0.3) is 0 Å². The first-order chi connectivity index (χ1) is 6.02. The lowest BCUT2D eigenvalue weighted by molar-refractivity contribution is -0.131. The first-order valence-electron chi connectivity index (χ1n) is 4.00. The van der Waals surface area contributed by atoms with Gasteiger partial charge in [-0.25, -0.2) is 0 Å². The highest BCUT2D eigenvalue weighted by Crippen LogP contribution is 2.27. The van der Waals surface area contributed by atoms with Gasteiger partial charge in [-0.1, -0.05) is 0 Å². The van der Waals surface area contributed by atoms with Gasteiger partial charge in [0.25, 0.3) is 0 Å². The molecule has 0 amide bonds. The molecule has 0 aliphatic rings. The van der Waals surface area contributed by atoms with E-state index in [0.29, 0.717) is 5.75 Å². The monoisotopic (exact) mass is 180 g/mol. The summed E-state index contributed by atoms with van der Waals surface area (Å²) in [6, 6.07) is 3.10. The largest absolute Gasteiger partial charge is 0.508 e. The van der Waals surface area contributed by atoms with Crippen molar-refractivity contribution < 1.29 is 14.6 Å². The standard InChI is InChI=1S/C10H12O3/c1-6-7(2)10(13-8(3)11)5-4-9(6)12/h4-5,12H,1-3H3. The summed E-state index contributed by atoms with van der Waals surface area (Å²) in [5, 5.41) is 9.32. The molecule has 1 aromatic carbocycles. The molecule has 0 fully saturated rings. The van der Waals surface area contributed by atoms with Crippen molar-refractivity contribution in [3.8, 4) is 11.5 Å². The average Bonchev–Trinajstić information content (AvgIpc) is 2.06. The Morgan fingerprint density at radius 2 is 1.92 bits per heavy atom. The second-order valence-electron chi connectivity index (χ2n) is 2.93. The summed E-state index contributed by atoms with van der Waals surface area (Å²) < 4.78 is 4.93. The van der Waals surface area contributed by atoms with Crippen LogP contribution in [-0.2, 0) is 4.79 Å². The van der Waals surface area contributed by atoms with Crippen LogP contribution in [0.15, 0.2) is 12.1 Å². The van der Waals surface area contributed by atoms with Crippen LogP contribution in [0.5, 0.6) is 11.5 Å². The van der Waals surface area contributed by atoms with Gasteiger partial charge in [0, 0.05) is 6.92 Å². The number of ether oxygens (including phenoxy) is 1. The molecule has 1 N–H and O–H groups in total. The lowest BCUT2D eigenvalue weighted by Gasteiger charge is -2.08. The van der Waals surface area contributed by atoms with Gasteiger partial charge in [0.05, 0.1) is 0 Å². The highest BCUT2D eigenvalue weighted by molar-refractivity contribution is 5.70. The molecule has 0 saturated carbocycles. The van der Waals surface area contributed by atoms with Crippen LogP contribution in [-0.4, -0.2) is 11.1 Å². The van der Waals surface area contributed by atoms with Gasteiger partial charge in [-0.05, 0) is 37.1 Å². The SMILES string of the molecule is CC(=O)Oc1ccc(O)c(C)c1C. The number of carbonyl (C=O) groups is 1. The number of carbonyl (C=O) groups excluding carboxylic acids is 1. The molecule has 0 atom stereocenters. The zero-order valence-electron chi connectivity index (χ0n) is 7.92. The molecular weight excluding hydrogens is 168 g/mol. The Hall–Kier alpha value is -1.51. The Labute approximate surface area is 77.0 Å². The van der Waals surface area contributed by atoms with Crippen LogP contribution in [0.2, 0.25) is 0 Å². The van der Waals surface area contributed by atoms with Crippen LogP contribution in [0, 0.1) is 13.8 Å². The maximum Gasteiger partial charge on any atom is 0.308 e. The molecule has 0 heterocycles. The highest BCUT2D eigenvalue weighted by Gasteiger charge is 2.07. The van der Waals surface area contributed by atoms with Crippen LogP contribution in [0.1, 0.15) is 18.1 Å². The van der Waals surface area contributed by atoms with Gasteiger partial charge < -0.3 is 9.84 Å². The molecule has 0 radical (unpaired) electrons. The van der Waals surface area contributed by atoms with Gasteiger partial charge in [-0.3, -0.25) is 4.79 Å². The maximum absolute atomic E-state index is 10.7. The molecule has 1 aromatic rings. The molecule has 0 saturated heterocycles. The number of hydrogen-bond donors (Lipinski definition) is 1.